The van der Waals surface area contributed by atoms with E-state index in [-0.39, 0.29) is 17.4 Å². The molecule has 0 saturated carbocycles. The van der Waals surface area contributed by atoms with Crippen molar-refractivity contribution in [3.8, 4) is 5.75 Å². The molecule has 1 atom stereocenters. The Morgan fingerprint density at radius 3 is 2.29 bits per heavy atom. The Morgan fingerprint density at radius 1 is 1.03 bits per heavy atom. The molecule has 1 unspecified atom stereocenters. The number of hydrogen-bond donors (Lipinski definition) is 1. The van der Waals surface area contributed by atoms with Gasteiger partial charge < -0.3 is 19.5 Å². The van der Waals surface area contributed by atoms with Gasteiger partial charge in [-0.25, -0.2) is 0 Å². The Bertz CT molecular complexity index is 1050. The fraction of sp³-hybridized carbons (Fsp3) is 0.407. The van der Waals surface area contributed by atoms with Gasteiger partial charge in [0.05, 0.1) is 30.9 Å². The van der Waals surface area contributed by atoms with Crippen LogP contribution in [0.4, 0.5) is 0 Å². The van der Waals surface area contributed by atoms with Crippen LogP contribution in [0.25, 0.3) is 5.76 Å². The molecular weight excluding hydrogens is 432 g/mol. The average Bonchev–Trinajstić information content (AvgIpc) is 3.08. The van der Waals surface area contributed by atoms with Gasteiger partial charge in [-0.2, -0.15) is 0 Å². The fourth-order valence-corrected chi connectivity index (χ4v) is 4.40. The second-order valence-electron chi connectivity index (χ2n) is 9.05. The summed E-state index contributed by atoms with van der Waals surface area (Å²) in [6.45, 7) is 9.77. The lowest BCUT2D eigenvalue weighted by Gasteiger charge is -2.31. The summed E-state index contributed by atoms with van der Waals surface area (Å²) in [4.78, 5) is 30.1. The van der Waals surface area contributed by atoms with E-state index in [0.29, 0.717) is 37.6 Å². The maximum absolute atomic E-state index is 13.2. The maximum atomic E-state index is 13.2. The molecule has 34 heavy (non-hydrogen) atoms. The van der Waals surface area contributed by atoms with Crippen LogP contribution in [0.3, 0.4) is 0 Å². The predicted octanol–water partition coefficient (Wildman–Crippen LogP) is 3.54. The summed E-state index contributed by atoms with van der Waals surface area (Å²) in [7, 11) is 0. The van der Waals surface area contributed by atoms with Crippen molar-refractivity contribution < 1.29 is 24.2 Å². The molecule has 2 heterocycles. The number of rotatable bonds is 7. The summed E-state index contributed by atoms with van der Waals surface area (Å²) < 4.78 is 11.2. The van der Waals surface area contributed by atoms with E-state index in [1.807, 2.05) is 57.2 Å². The smallest absolute Gasteiger partial charge is 0.295 e. The molecule has 1 amide bonds. The molecule has 0 aliphatic carbocycles. The Labute approximate surface area is 200 Å². The van der Waals surface area contributed by atoms with Gasteiger partial charge in [-0.05, 0) is 38.5 Å². The van der Waals surface area contributed by atoms with E-state index in [4.69, 9.17) is 9.47 Å². The van der Waals surface area contributed by atoms with Crippen LogP contribution in [0.5, 0.6) is 5.75 Å². The molecule has 2 aromatic carbocycles. The first-order valence-electron chi connectivity index (χ1n) is 11.8. The summed E-state index contributed by atoms with van der Waals surface area (Å²) in [6, 6.07) is 14.0. The molecule has 0 spiro atoms. The van der Waals surface area contributed by atoms with Crippen LogP contribution in [-0.2, 0) is 14.3 Å². The molecular formula is C27H32N2O5. The van der Waals surface area contributed by atoms with Gasteiger partial charge in [0.1, 0.15) is 11.5 Å². The highest BCUT2D eigenvalue weighted by Crippen LogP contribution is 2.39. The van der Waals surface area contributed by atoms with Crippen molar-refractivity contribution in [1.29, 1.82) is 0 Å². The number of aryl methyl sites for hydroxylation is 1. The number of ether oxygens (including phenoxy) is 2. The summed E-state index contributed by atoms with van der Waals surface area (Å²) in [6.07, 6.45) is 0.0338. The van der Waals surface area contributed by atoms with E-state index < -0.39 is 17.7 Å². The third kappa shape index (κ3) is 5.16. The minimum atomic E-state index is -0.671. The van der Waals surface area contributed by atoms with Gasteiger partial charge in [-0.15, -0.1) is 0 Å². The molecule has 1 N–H and O–H groups in total. The van der Waals surface area contributed by atoms with Crippen LogP contribution in [0, 0.1) is 6.92 Å². The van der Waals surface area contributed by atoms with Crippen LogP contribution < -0.4 is 4.74 Å². The van der Waals surface area contributed by atoms with Gasteiger partial charge in [0.15, 0.2) is 0 Å². The van der Waals surface area contributed by atoms with Crippen LogP contribution in [0.2, 0.25) is 0 Å². The van der Waals surface area contributed by atoms with Crippen molar-refractivity contribution in [3.63, 3.8) is 0 Å². The standard InChI is InChI=1S/C27H32N2O5/c1-18(2)34-22-10-8-20(9-11-22)24-23(25(30)21-6-4-19(3)5-7-21)26(31)27(32)29(24)13-12-28-14-16-33-17-15-28/h4-11,18,24,30H,12-17H2,1-3H3/b25-23-. The Hall–Kier alpha value is -3.16. The van der Waals surface area contributed by atoms with E-state index in [9.17, 15) is 14.7 Å². The lowest BCUT2D eigenvalue weighted by Crippen LogP contribution is -2.42. The number of aliphatic hydroxyl groups is 1. The first kappa shape index (κ1) is 24.0. The number of likely N-dealkylation sites (tertiary alicyclic amines) is 1. The molecule has 2 saturated heterocycles. The van der Waals surface area contributed by atoms with Crippen LogP contribution >= 0.6 is 0 Å². The quantitative estimate of drug-likeness (QED) is 0.384. The lowest BCUT2D eigenvalue weighted by molar-refractivity contribution is -0.140. The zero-order valence-electron chi connectivity index (χ0n) is 20.0. The SMILES string of the molecule is Cc1ccc(/C(O)=C2/C(=O)C(=O)N(CCN3CCOCC3)C2c2ccc(OC(C)C)cc2)cc1. The number of carbonyl (C=O) groups excluding carboxylic acids is 2. The zero-order valence-corrected chi connectivity index (χ0v) is 20.0. The second kappa shape index (κ2) is 10.4. The zero-order chi connectivity index (χ0) is 24.2. The predicted molar refractivity (Wildman–Crippen MR) is 130 cm³/mol. The number of aliphatic hydroxyl groups excluding tert-OH is 1. The monoisotopic (exact) mass is 464 g/mol. The van der Waals surface area contributed by atoms with Crippen molar-refractivity contribution in [2.75, 3.05) is 39.4 Å². The number of ketones is 1. The molecule has 2 aromatic rings. The first-order chi connectivity index (χ1) is 16.3. The fourth-order valence-electron chi connectivity index (χ4n) is 4.40. The van der Waals surface area contributed by atoms with Gasteiger partial charge in [0.2, 0.25) is 0 Å². The lowest BCUT2D eigenvalue weighted by atomic mass is 9.95. The topological polar surface area (TPSA) is 79.3 Å². The van der Waals surface area contributed by atoms with Gasteiger partial charge in [-0.1, -0.05) is 42.0 Å². The average molecular weight is 465 g/mol. The molecule has 2 fully saturated rings. The minimum Gasteiger partial charge on any atom is -0.507 e. The number of amides is 1. The third-order valence-electron chi connectivity index (χ3n) is 6.19. The molecule has 0 aromatic heterocycles. The highest BCUT2D eigenvalue weighted by molar-refractivity contribution is 6.46. The van der Waals surface area contributed by atoms with Crippen molar-refractivity contribution in [3.05, 3.63) is 70.8 Å². The largest absolute Gasteiger partial charge is 0.507 e. The summed E-state index contributed by atoms with van der Waals surface area (Å²) >= 11 is 0. The number of nitrogens with zero attached hydrogens (tertiary/aromatic N) is 2. The van der Waals surface area contributed by atoms with Gasteiger partial charge in [0, 0.05) is 31.7 Å². The molecule has 4 rings (SSSR count). The minimum absolute atomic E-state index is 0.0338. The number of Topliss-reactive ketones (excluding diaryl/α,β-unsaturated/α-hetero) is 1. The van der Waals surface area contributed by atoms with Crippen LogP contribution in [-0.4, -0.2) is 72.1 Å². The Balaban J connectivity index is 1.71. The van der Waals surface area contributed by atoms with Crippen LogP contribution in [0.1, 0.15) is 36.6 Å². The summed E-state index contributed by atoms with van der Waals surface area (Å²) in [5.74, 6) is -0.690. The number of benzene rings is 2. The van der Waals surface area contributed by atoms with E-state index in [1.54, 1.807) is 17.0 Å². The molecule has 7 nitrogen and oxygen atoms in total. The number of hydrogen-bond acceptors (Lipinski definition) is 6. The van der Waals surface area contributed by atoms with Crippen molar-refractivity contribution in [2.45, 2.75) is 32.9 Å². The number of carbonyl (C=O) groups is 2. The van der Waals surface area contributed by atoms with E-state index in [1.165, 1.54) is 0 Å². The van der Waals surface area contributed by atoms with E-state index in [0.717, 1.165) is 24.2 Å². The Kier molecular flexibility index (Phi) is 7.34. The molecule has 0 radical (unpaired) electrons. The van der Waals surface area contributed by atoms with Crippen molar-refractivity contribution in [1.82, 2.24) is 9.80 Å². The van der Waals surface area contributed by atoms with Gasteiger partial charge >= 0.3 is 0 Å². The van der Waals surface area contributed by atoms with Gasteiger partial charge in [-0.3, -0.25) is 14.5 Å². The van der Waals surface area contributed by atoms with Crippen molar-refractivity contribution >= 4 is 17.4 Å². The number of morpholine rings is 1. The highest BCUT2D eigenvalue weighted by atomic mass is 16.5. The Morgan fingerprint density at radius 2 is 1.68 bits per heavy atom. The summed E-state index contributed by atoms with van der Waals surface area (Å²) in [5.41, 5.74) is 2.43. The van der Waals surface area contributed by atoms with Crippen molar-refractivity contribution in [2.24, 2.45) is 0 Å². The second-order valence-corrected chi connectivity index (χ2v) is 9.05. The normalized spacial score (nSPS) is 20.8. The van der Waals surface area contributed by atoms with E-state index in [2.05, 4.69) is 4.90 Å². The van der Waals surface area contributed by atoms with Gasteiger partial charge in [0.25, 0.3) is 11.7 Å². The van der Waals surface area contributed by atoms with E-state index >= 15 is 0 Å². The van der Waals surface area contributed by atoms with Crippen LogP contribution in [0.15, 0.2) is 54.1 Å². The molecule has 0 bridgehead atoms. The maximum Gasteiger partial charge on any atom is 0.295 e. The molecule has 2 aliphatic rings. The first-order valence-corrected chi connectivity index (χ1v) is 11.8. The summed E-state index contributed by atoms with van der Waals surface area (Å²) in [5, 5.41) is 11.2. The molecule has 7 heteroatoms. The highest BCUT2D eigenvalue weighted by Gasteiger charge is 2.46. The third-order valence-corrected chi connectivity index (χ3v) is 6.19. The molecule has 180 valence electrons. The molecule has 2 aliphatic heterocycles.